The smallest absolute Gasteiger partial charge is 0.251 e. The van der Waals surface area contributed by atoms with E-state index in [2.05, 4.69) is 20.1 Å². The van der Waals surface area contributed by atoms with Crippen LogP contribution >= 0.6 is 0 Å². The molecule has 0 aliphatic carbocycles. The van der Waals surface area contributed by atoms with Crippen molar-refractivity contribution in [1.82, 2.24) is 29.6 Å². The van der Waals surface area contributed by atoms with E-state index in [0.717, 1.165) is 17.5 Å². The van der Waals surface area contributed by atoms with E-state index in [-0.39, 0.29) is 23.9 Å². The molecular weight excluding hydrogens is 344 g/mol. The Morgan fingerprint density at radius 2 is 2.26 bits per heavy atom. The summed E-state index contributed by atoms with van der Waals surface area (Å²) in [6.07, 6.45) is 7.71. The maximum atomic E-state index is 12.5. The number of aromatic amines is 1. The Balaban J connectivity index is 1.49. The number of likely N-dealkylation sites (tertiary alicyclic amines) is 1. The number of hydrogen-bond donors (Lipinski definition) is 1. The monoisotopic (exact) mass is 364 g/mol. The van der Waals surface area contributed by atoms with Crippen LogP contribution < -0.4 is 5.56 Å². The van der Waals surface area contributed by atoms with Crippen LogP contribution in [-0.2, 0) is 11.3 Å². The second-order valence-electron chi connectivity index (χ2n) is 6.80. The zero-order chi connectivity index (χ0) is 18.8. The number of carbonyl (C=O) groups is 1. The number of hydrogen-bond acceptors (Lipinski definition) is 5. The zero-order valence-electron chi connectivity index (χ0n) is 15.0. The predicted molar refractivity (Wildman–Crippen MR) is 99.0 cm³/mol. The average Bonchev–Trinajstić information content (AvgIpc) is 3.31. The van der Waals surface area contributed by atoms with Gasteiger partial charge >= 0.3 is 0 Å². The van der Waals surface area contributed by atoms with Crippen molar-refractivity contribution in [2.75, 3.05) is 13.1 Å². The fourth-order valence-corrected chi connectivity index (χ4v) is 3.33. The van der Waals surface area contributed by atoms with Gasteiger partial charge in [0, 0.05) is 49.2 Å². The summed E-state index contributed by atoms with van der Waals surface area (Å²) >= 11 is 0. The summed E-state index contributed by atoms with van der Waals surface area (Å²) in [5.41, 5.74) is 2.22. The molecule has 1 amide bonds. The van der Waals surface area contributed by atoms with Crippen molar-refractivity contribution in [3.8, 4) is 11.3 Å². The Hall–Kier alpha value is -3.29. The molecular formula is C19H20N6O2. The lowest BCUT2D eigenvalue weighted by Gasteiger charge is -2.16. The van der Waals surface area contributed by atoms with Crippen molar-refractivity contribution in [1.29, 1.82) is 0 Å². The molecule has 1 fully saturated rings. The minimum Gasteiger partial charge on any atom is -0.340 e. The van der Waals surface area contributed by atoms with Crippen molar-refractivity contribution in [3.63, 3.8) is 0 Å². The summed E-state index contributed by atoms with van der Waals surface area (Å²) < 4.78 is 1.65. The number of nitrogens with one attached hydrogen (secondary N) is 1. The van der Waals surface area contributed by atoms with Gasteiger partial charge in [-0.1, -0.05) is 0 Å². The average molecular weight is 364 g/mol. The number of nitrogens with zero attached hydrogens (tertiary/aromatic N) is 5. The molecule has 1 aliphatic rings. The SMILES string of the molecule is Cc1cnn(CC(=O)N2CC[C@H](c3nc(-c4cccnc4)cc(=O)[nH]3)C2)c1. The zero-order valence-corrected chi connectivity index (χ0v) is 15.0. The Morgan fingerprint density at radius 1 is 1.37 bits per heavy atom. The van der Waals surface area contributed by atoms with Crippen molar-refractivity contribution >= 4 is 5.91 Å². The van der Waals surface area contributed by atoms with Crippen molar-refractivity contribution < 1.29 is 4.79 Å². The highest BCUT2D eigenvalue weighted by atomic mass is 16.2. The van der Waals surface area contributed by atoms with Crippen molar-refractivity contribution in [3.05, 3.63) is 64.7 Å². The summed E-state index contributed by atoms with van der Waals surface area (Å²) in [6.45, 7) is 3.35. The summed E-state index contributed by atoms with van der Waals surface area (Å²) in [5.74, 6) is 0.649. The number of amides is 1. The molecule has 0 saturated carbocycles. The lowest BCUT2D eigenvalue weighted by atomic mass is 10.1. The third-order valence-corrected chi connectivity index (χ3v) is 4.70. The maximum absolute atomic E-state index is 12.5. The summed E-state index contributed by atoms with van der Waals surface area (Å²) in [4.78, 5) is 37.9. The third-order valence-electron chi connectivity index (χ3n) is 4.70. The summed E-state index contributed by atoms with van der Waals surface area (Å²) in [6, 6.07) is 5.15. The van der Waals surface area contributed by atoms with Crippen molar-refractivity contribution in [2.45, 2.75) is 25.8 Å². The molecule has 1 aliphatic heterocycles. The number of carbonyl (C=O) groups excluding carboxylic acids is 1. The first-order valence-electron chi connectivity index (χ1n) is 8.87. The Bertz CT molecular complexity index is 1010. The molecule has 0 unspecified atom stereocenters. The molecule has 27 heavy (non-hydrogen) atoms. The fourth-order valence-electron chi connectivity index (χ4n) is 3.33. The van der Waals surface area contributed by atoms with Gasteiger partial charge in [-0.2, -0.15) is 5.10 Å². The first-order valence-corrected chi connectivity index (χ1v) is 8.87. The lowest BCUT2D eigenvalue weighted by Crippen LogP contribution is -2.32. The van der Waals surface area contributed by atoms with Gasteiger partial charge in [0.25, 0.3) is 5.56 Å². The van der Waals surface area contributed by atoms with E-state index in [9.17, 15) is 9.59 Å². The molecule has 1 N–H and O–H groups in total. The molecule has 0 spiro atoms. The standard InChI is InChI=1S/C19H20N6O2/c1-13-8-21-25(10-13)12-18(27)24-6-4-15(11-24)19-22-16(7-17(26)23-19)14-3-2-5-20-9-14/h2-3,5,7-10,15H,4,6,11-12H2,1H3,(H,22,23,26)/t15-/m0/s1. The van der Waals surface area contributed by atoms with Gasteiger partial charge in [-0.3, -0.25) is 19.3 Å². The summed E-state index contributed by atoms with van der Waals surface area (Å²) in [7, 11) is 0. The Kier molecular flexibility index (Phi) is 4.53. The molecule has 138 valence electrons. The number of aryl methyl sites for hydroxylation is 1. The van der Waals surface area contributed by atoms with E-state index in [1.165, 1.54) is 6.07 Å². The van der Waals surface area contributed by atoms with E-state index >= 15 is 0 Å². The molecule has 4 heterocycles. The highest BCUT2D eigenvalue weighted by Crippen LogP contribution is 2.25. The van der Waals surface area contributed by atoms with Gasteiger partial charge in [0.2, 0.25) is 5.91 Å². The summed E-state index contributed by atoms with van der Waals surface area (Å²) in [5, 5.41) is 4.16. The van der Waals surface area contributed by atoms with E-state index in [1.807, 2.05) is 25.3 Å². The van der Waals surface area contributed by atoms with Crippen LogP contribution in [0.25, 0.3) is 11.3 Å². The minimum absolute atomic E-state index is 0.0117. The number of H-pyrrole nitrogens is 1. The Morgan fingerprint density at radius 3 is 3.00 bits per heavy atom. The van der Waals surface area contributed by atoms with Crippen LogP contribution in [0.4, 0.5) is 0 Å². The van der Waals surface area contributed by atoms with Crippen LogP contribution in [0, 0.1) is 6.92 Å². The van der Waals surface area contributed by atoms with Crippen LogP contribution in [-0.4, -0.2) is 48.6 Å². The first-order chi connectivity index (χ1) is 13.1. The van der Waals surface area contributed by atoms with Crippen LogP contribution in [0.2, 0.25) is 0 Å². The second-order valence-corrected chi connectivity index (χ2v) is 6.80. The molecule has 0 aromatic carbocycles. The van der Waals surface area contributed by atoms with Crippen LogP contribution in [0.5, 0.6) is 0 Å². The van der Waals surface area contributed by atoms with Gasteiger partial charge in [0.15, 0.2) is 0 Å². The first kappa shape index (κ1) is 17.1. The molecule has 3 aromatic rings. The van der Waals surface area contributed by atoms with Gasteiger partial charge in [-0.15, -0.1) is 0 Å². The fraction of sp³-hybridized carbons (Fsp3) is 0.316. The predicted octanol–water partition coefficient (Wildman–Crippen LogP) is 1.35. The molecule has 3 aromatic heterocycles. The number of pyridine rings is 1. The quantitative estimate of drug-likeness (QED) is 0.754. The van der Waals surface area contributed by atoms with Gasteiger partial charge in [-0.05, 0) is 31.0 Å². The van der Waals surface area contributed by atoms with Crippen LogP contribution in [0.3, 0.4) is 0 Å². The topological polar surface area (TPSA) is 96.8 Å². The molecule has 4 rings (SSSR count). The van der Waals surface area contributed by atoms with Gasteiger partial charge in [0.1, 0.15) is 12.4 Å². The normalized spacial score (nSPS) is 16.6. The highest BCUT2D eigenvalue weighted by Gasteiger charge is 2.29. The molecule has 8 heteroatoms. The molecule has 1 saturated heterocycles. The lowest BCUT2D eigenvalue weighted by molar-refractivity contribution is -0.131. The van der Waals surface area contributed by atoms with E-state index in [1.54, 1.807) is 28.2 Å². The van der Waals surface area contributed by atoms with Crippen LogP contribution in [0.15, 0.2) is 47.8 Å². The van der Waals surface area contributed by atoms with E-state index in [4.69, 9.17) is 0 Å². The molecule has 0 bridgehead atoms. The van der Waals surface area contributed by atoms with E-state index in [0.29, 0.717) is 24.6 Å². The number of rotatable bonds is 4. The molecule has 8 nitrogen and oxygen atoms in total. The maximum Gasteiger partial charge on any atom is 0.251 e. The third kappa shape index (κ3) is 3.79. The highest BCUT2D eigenvalue weighted by molar-refractivity contribution is 5.76. The van der Waals surface area contributed by atoms with E-state index < -0.39 is 0 Å². The second kappa shape index (κ2) is 7.14. The minimum atomic E-state index is -0.198. The number of aromatic nitrogens is 5. The molecule has 0 radical (unpaired) electrons. The largest absolute Gasteiger partial charge is 0.340 e. The van der Waals surface area contributed by atoms with Gasteiger partial charge in [0.05, 0.1) is 11.9 Å². The van der Waals surface area contributed by atoms with Crippen LogP contribution in [0.1, 0.15) is 23.7 Å². The Labute approximate surface area is 155 Å². The molecule has 1 atom stereocenters. The van der Waals surface area contributed by atoms with Gasteiger partial charge in [-0.25, -0.2) is 4.98 Å². The van der Waals surface area contributed by atoms with Gasteiger partial charge < -0.3 is 9.88 Å². The van der Waals surface area contributed by atoms with Crippen molar-refractivity contribution in [2.24, 2.45) is 0 Å².